The Morgan fingerprint density at radius 3 is 1.20 bits per heavy atom. The van der Waals surface area contributed by atoms with Crippen LogP contribution in [0, 0.1) is 10.8 Å². The molecule has 0 radical (unpaired) electrons. The van der Waals surface area contributed by atoms with Gasteiger partial charge in [-0.05, 0) is 23.0 Å². The quantitative estimate of drug-likeness (QED) is 0.499. The molecule has 2 heterocycles. The smallest absolute Gasteiger partial charge is 0.123 e. The first-order valence-electron chi connectivity index (χ1n) is 9.17. The summed E-state index contributed by atoms with van der Waals surface area (Å²) in [6.45, 7) is 25.5. The number of aryl methyl sites for hydroxylation is 1. The van der Waals surface area contributed by atoms with Gasteiger partial charge in [-0.3, -0.25) is 4.68 Å². The van der Waals surface area contributed by atoms with Crippen LogP contribution in [0.5, 0.6) is 0 Å². The first-order chi connectivity index (χ1) is 11.4. The van der Waals surface area contributed by atoms with Crippen LogP contribution < -0.4 is 0 Å². The molecule has 0 aromatic carbocycles. The van der Waals surface area contributed by atoms with E-state index in [0.717, 1.165) is 0 Å². The molecule has 0 aliphatic carbocycles. The molecule has 2 aromatic heterocycles. The first-order valence-corrected chi connectivity index (χ1v) is 9.17. The van der Waals surface area contributed by atoms with Crippen molar-refractivity contribution < 1.29 is 4.52 Å². The van der Waals surface area contributed by atoms with Crippen LogP contribution in [-0.4, -0.2) is 14.9 Å². The molecule has 0 fully saturated rings. The zero-order valence-electron chi connectivity index (χ0n) is 19.2. The van der Waals surface area contributed by atoms with Crippen LogP contribution in [0.1, 0.15) is 83.1 Å². The minimum atomic E-state index is 0.500. The molecule has 0 aliphatic heterocycles. The van der Waals surface area contributed by atoms with Gasteiger partial charge in [0.2, 0.25) is 0 Å². The van der Waals surface area contributed by atoms with Crippen molar-refractivity contribution >= 4 is 0 Å². The van der Waals surface area contributed by atoms with Crippen molar-refractivity contribution in [3.63, 3.8) is 0 Å². The average Bonchev–Trinajstić information content (AvgIpc) is 3.15. The fourth-order valence-corrected chi connectivity index (χ4v) is 0.521. The molecule has 0 atom stereocenters. The lowest BCUT2D eigenvalue weighted by Gasteiger charge is -2.05. The number of hydrogen-bond acceptors (Lipinski definition) is 3. The number of nitrogens with zero attached hydrogens (tertiary/aromatic N) is 3. The van der Waals surface area contributed by atoms with Crippen LogP contribution in [-0.2, 0) is 7.05 Å². The second kappa shape index (κ2) is 20.5. The highest BCUT2D eigenvalue weighted by Gasteiger charge is 1.96. The van der Waals surface area contributed by atoms with Gasteiger partial charge in [-0.2, -0.15) is 5.10 Å². The summed E-state index contributed by atoms with van der Waals surface area (Å²) in [6, 6.07) is 3.61. The Morgan fingerprint density at radius 1 is 0.720 bits per heavy atom. The van der Waals surface area contributed by atoms with Crippen molar-refractivity contribution in [1.29, 1.82) is 0 Å². The van der Waals surface area contributed by atoms with E-state index in [1.807, 2.05) is 47.0 Å². The summed E-state index contributed by atoms with van der Waals surface area (Å²) in [5, 5.41) is 7.18. The first kappa shape index (κ1) is 31.2. The fourth-order valence-electron chi connectivity index (χ4n) is 0.521. The molecular weight excluding hydrogens is 310 g/mol. The van der Waals surface area contributed by atoms with Crippen molar-refractivity contribution in [3.05, 3.63) is 37.0 Å². The third-order valence-corrected chi connectivity index (χ3v) is 0.984. The molecule has 0 aliphatic rings. The largest absolute Gasteiger partial charge is 0.365 e. The Hall–Kier alpha value is -1.58. The highest BCUT2D eigenvalue weighted by molar-refractivity contribution is 4.75. The van der Waals surface area contributed by atoms with Crippen molar-refractivity contribution in [1.82, 2.24) is 14.9 Å². The lowest BCUT2D eigenvalue weighted by atomic mass is 10.0. The van der Waals surface area contributed by atoms with E-state index in [2.05, 4.69) is 70.2 Å². The topological polar surface area (TPSA) is 43.9 Å². The summed E-state index contributed by atoms with van der Waals surface area (Å²) in [6.07, 6.45) is 6.74. The van der Waals surface area contributed by atoms with Gasteiger partial charge in [0.05, 0.1) is 6.20 Å². The van der Waals surface area contributed by atoms with Crippen LogP contribution in [0.25, 0.3) is 0 Å². The summed E-state index contributed by atoms with van der Waals surface area (Å²) in [4.78, 5) is 0. The molecule has 0 N–H and O–H groups in total. The second-order valence-electron chi connectivity index (χ2n) is 7.87. The molecule has 0 spiro atoms. The summed E-state index contributed by atoms with van der Waals surface area (Å²) in [7, 11) is 1.89. The molecule has 2 aromatic rings. The Morgan fingerprint density at radius 2 is 1.12 bits per heavy atom. The molecule has 0 saturated carbocycles. The molecule has 4 heteroatoms. The van der Waals surface area contributed by atoms with E-state index in [4.69, 9.17) is 0 Å². The fraction of sp³-hybridized carbons (Fsp3) is 0.714. The van der Waals surface area contributed by atoms with E-state index in [-0.39, 0.29) is 0 Å². The molecule has 0 unspecified atom stereocenters. The zero-order valence-corrected chi connectivity index (χ0v) is 19.2. The number of rotatable bonds is 0. The summed E-state index contributed by atoms with van der Waals surface area (Å²) in [5.41, 5.74) is 1.00. The van der Waals surface area contributed by atoms with Crippen LogP contribution in [0.3, 0.4) is 0 Å². The number of hydrogen-bond donors (Lipinski definition) is 0. The van der Waals surface area contributed by atoms with Crippen molar-refractivity contribution in [2.24, 2.45) is 17.9 Å². The van der Waals surface area contributed by atoms with E-state index in [1.165, 1.54) is 6.26 Å². The lowest BCUT2D eigenvalue weighted by molar-refractivity contribution is 0.420. The third-order valence-electron chi connectivity index (χ3n) is 0.984. The van der Waals surface area contributed by atoms with Crippen molar-refractivity contribution in [2.75, 3.05) is 0 Å². The van der Waals surface area contributed by atoms with E-state index in [0.29, 0.717) is 10.8 Å². The van der Waals surface area contributed by atoms with Gasteiger partial charge in [-0.15, -0.1) is 0 Å². The van der Waals surface area contributed by atoms with Crippen molar-refractivity contribution in [3.8, 4) is 0 Å². The SMILES string of the molecule is CC.CC.CC(C)(C)C.CC(C)(C)C.Cn1cccn1.c1cnoc1. The minimum absolute atomic E-state index is 0.500. The maximum absolute atomic E-state index is 4.33. The monoisotopic (exact) mass is 355 g/mol. The van der Waals surface area contributed by atoms with Crippen LogP contribution >= 0.6 is 0 Å². The Balaban J connectivity index is -0.000000111. The number of aromatic nitrogens is 3. The van der Waals surface area contributed by atoms with Gasteiger partial charge in [0, 0.05) is 19.4 Å². The molecule has 150 valence electrons. The van der Waals surface area contributed by atoms with Gasteiger partial charge in [-0.25, -0.2) is 0 Å². The van der Waals surface area contributed by atoms with Crippen molar-refractivity contribution in [2.45, 2.75) is 83.1 Å². The van der Waals surface area contributed by atoms with Gasteiger partial charge in [-0.1, -0.05) is 88.2 Å². The van der Waals surface area contributed by atoms with Gasteiger partial charge in [0.1, 0.15) is 6.26 Å². The predicted molar refractivity (Wildman–Crippen MR) is 113 cm³/mol. The summed E-state index contributed by atoms with van der Waals surface area (Å²) in [5.74, 6) is 0. The third kappa shape index (κ3) is 86.1. The standard InChI is InChI=1S/2C5H12.C4H6N2.C3H3NO.2C2H6/c2*1-5(2,3)4;1-6-4-2-3-5-6;1-2-4-5-3-1;2*1-2/h2*1-4H3;2-4H,1H3;1-3H;2*1-2H3. The van der Waals surface area contributed by atoms with Crippen LogP contribution in [0.2, 0.25) is 0 Å². The molecule has 4 nitrogen and oxygen atoms in total. The Labute approximate surface area is 158 Å². The predicted octanol–water partition coefficient (Wildman–Crippen LogP) is 7.25. The Kier molecular flexibility index (Phi) is 25.6. The molecule has 0 bridgehead atoms. The zero-order chi connectivity index (χ0) is 20.9. The summed E-state index contributed by atoms with van der Waals surface area (Å²) < 4.78 is 6.08. The molecular formula is C21H45N3O. The maximum Gasteiger partial charge on any atom is 0.123 e. The molecule has 2 rings (SSSR count). The lowest BCUT2D eigenvalue weighted by Crippen LogP contribution is -1.93. The molecule has 0 saturated heterocycles. The molecule has 0 amide bonds. The van der Waals surface area contributed by atoms with E-state index < -0.39 is 0 Å². The van der Waals surface area contributed by atoms with E-state index >= 15 is 0 Å². The second-order valence-corrected chi connectivity index (χ2v) is 7.87. The van der Waals surface area contributed by atoms with E-state index in [9.17, 15) is 0 Å². The average molecular weight is 356 g/mol. The van der Waals surface area contributed by atoms with Gasteiger partial charge < -0.3 is 4.52 Å². The highest BCUT2D eigenvalue weighted by atomic mass is 16.5. The summed E-state index contributed by atoms with van der Waals surface area (Å²) >= 11 is 0. The van der Waals surface area contributed by atoms with Gasteiger partial charge >= 0.3 is 0 Å². The van der Waals surface area contributed by atoms with Gasteiger partial charge in [0.25, 0.3) is 0 Å². The van der Waals surface area contributed by atoms with Crippen LogP contribution in [0.15, 0.2) is 41.5 Å². The normalized spacial score (nSPS) is 9.00. The molecule has 25 heavy (non-hydrogen) atoms. The maximum atomic E-state index is 4.33. The Bertz CT molecular complexity index is 352. The van der Waals surface area contributed by atoms with E-state index in [1.54, 1.807) is 23.1 Å². The highest BCUT2D eigenvalue weighted by Crippen LogP contribution is 2.08. The van der Waals surface area contributed by atoms with Crippen LogP contribution in [0.4, 0.5) is 0 Å². The van der Waals surface area contributed by atoms with Gasteiger partial charge in [0.15, 0.2) is 0 Å². The minimum Gasteiger partial charge on any atom is -0.365 e.